The number of hydrogen-bond donors (Lipinski definition) is 1. The summed E-state index contributed by atoms with van der Waals surface area (Å²) in [5.74, 6) is 1.19. The number of aromatic hydroxyl groups is 1. The third-order valence-electron chi connectivity index (χ3n) is 2.60. The number of phenols is 1. The van der Waals surface area contributed by atoms with E-state index in [-0.39, 0.29) is 5.75 Å². The number of aliphatic imine (C=N–C) groups is 1. The summed E-state index contributed by atoms with van der Waals surface area (Å²) in [4.78, 5) is 4.09. The highest BCUT2D eigenvalue weighted by molar-refractivity contribution is 5.95. The van der Waals surface area contributed by atoms with Gasteiger partial charge in [-0.1, -0.05) is 13.3 Å². The van der Waals surface area contributed by atoms with Crippen molar-refractivity contribution in [1.82, 2.24) is 0 Å². The lowest BCUT2D eigenvalue weighted by atomic mass is 10.0. The summed E-state index contributed by atoms with van der Waals surface area (Å²) in [6.45, 7) is 4.53. The van der Waals surface area contributed by atoms with Crippen molar-refractivity contribution in [2.24, 2.45) is 4.99 Å². The zero-order chi connectivity index (χ0) is 13.5. The minimum Gasteiger partial charge on any atom is -0.504 e. The van der Waals surface area contributed by atoms with Crippen molar-refractivity contribution < 1.29 is 14.6 Å². The number of hydrogen-bond acceptors (Lipinski definition) is 4. The molecule has 4 nitrogen and oxygen atoms in total. The number of nitrogens with zero attached hydrogens (tertiary/aromatic N) is 1. The summed E-state index contributed by atoms with van der Waals surface area (Å²) in [6.07, 6.45) is 1.82. The summed E-state index contributed by atoms with van der Waals surface area (Å²) in [5, 5.41) is 9.98. The van der Waals surface area contributed by atoms with E-state index in [1.807, 2.05) is 13.0 Å². The first-order valence-corrected chi connectivity index (χ1v) is 6.17. The van der Waals surface area contributed by atoms with E-state index >= 15 is 0 Å². The summed E-state index contributed by atoms with van der Waals surface area (Å²) in [5.41, 5.74) is 1.75. The van der Waals surface area contributed by atoms with Gasteiger partial charge in [0.15, 0.2) is 11.5 Å². The molecule has 0 fully saturated rings. The van der Waals surface area contributed by atoms with Gasteiger partial charge in [0.25, 0.3) is 0 Å². The molecule has 0 aliphatic heterocycles. The predicted octanol–water partition coefficient (Wildman–Crippen LogP) is 2.77. The van der Waals surface area contributed by atoms with Crippen molar-refractivity contribution in [2.45, 2.75) is 26.7 Å². The number of methoxy groups -OCH3 is 1. The first-order chi connectivity index (χ1) is 8.67. The molecule has 0 bridgehead atoms. The number of benzene rings is 1. The van der Waals surface area contributed by atoms with E-state index in [1.54, 1.807) is 20.2 Å². The fourth-order valence-corrected chi connectivity index (χ4v) is 1.90. The van der Waals surface area contributed by atoms with Gasteiger partial charge in [-0.25, -0.2) is 0 Å². The van der Waals surface area contributed by atoms with Crippen LogP contribution in [0.2, 0.25) is 0 Å². The van der Waals surface area contributed by atoms with Gasteiger partial charge in [-0.15, -0.1) is 0 Å². The van der Waals surface area contributed by atoms with Gasteiger partial charge in [-0.05, 0) is 31.0 Å². The van der Waals surface area contributed by atoms with Gasteiger partial charge in [-0.2, -0.15) is 0 Å². The molecule has 0 saturated carbocycles. The normalized spacial score (nSPS) is 11.4. The maximum absolute atomic E-state index is 9.98. The first-order valence-electron chi connectivity index (χ1n) is 6.17. The smallest absolute Gasteiger partial charge is 0.215 e. The number of phenolic OH excluding ortho intramolecular Hbond substituents is 1. The Labute approximate surface area is 108 Å². The summed E-state index contributed by atoms with van der Waals surface area (Å²) in [7, 11) is 3.23. The minimum absolute atomic E-state index is 0.124. The zero-order valence-corrected chi connectivity index (χ0v) is 11.5. The van der Waals surface area contributed by atoms with Crippen molar-refractivity contribution in [1.29, 1.82) is 0 Å². The van der Waals surface area contributed by atoms with Crippen LogP contribution in [0, 0.1) is 0 Å². The van der Waals surface area contributed by atoms with Crippen molar-refractivity contribution in [3.63, 3.8) is 0 Å². The Balaban J connectivity index is 3.22. The predicted molar refractivity (Wildman–Crippen MR) is 72.7 cm³/mol. The largest absolute Gasteiger partial charge is 0.504 e. The van der Waals surface area contributed by atoms with Gasteiger partial charge in [0.05, 0.1) is 13.7 Å². The van der Waals surface area contributed by atoms with Crippen LogP contribution < -0.4 is 4.74 Å². The molecule has 100 valence electrons. The van der Waals surface area contributed by atoms with Crippen LogP contribution in [0.3, 0.4) is 0 Å². The van der Waals surface area contributed by atoms with Gasteiger partial charge in [0, 0.05) is 12.6 Å². The van der Waals surface area contributed by atoms with E-state index in [2.05, 4.69) is 11.9 Å². The molecule has 0 amide bonds. The van der Waals surface area contributed by atoms with Gasteiger partial charge in [0.2, 0.25) is 5.90 Å². The maximum Gasteiger partial charge on any atom is 0.215 e. The zero-order valence-electron chi connectivity index (χ0n) is 11.5. The highest BCUT2D eigenvalue weighted by Gasteiger charge is 2.13. The highest BCUT2D eigenvalue weighted by Crippen LogP contribution is 2.32. The van der Waals surface area contributed by atoms with Gasteiger partial charge in [-0.3, -0.25) is 4.99 Å². The van der Waals surface area contributed by atoms with Crippen LogP contribution >= 0.6 is 0 Å². The molecule has 0 spiro atoms. The second kappa shape index (κ2) is 6.89. The van der Waals surface area contributed by atoms with Crippen LogP contribution in [0.4, 0.5) is 0 Å². The van der Waals surface area contributed by atoms with Crippen LogP contribution in [0.25, 0.3) is 0 Å². The SMILES string of the molecule is CCCc1cc(C(=NC)OCC)cc(O)c1OC. The number of ether oxygens (including phenoxy) is 2. The summed E-state index contributed by atoms with van der Waals surface area (Å²) >= 11 is 0. The van der Waals surface area contributed by atoms with E-state index < -0.39 is 0 Å². The van der Waals surface area contributed by atoms with Gasteiger partial charge < -0.3 is 14.6 Å². The van der Waals surface area contributed by atoms with Crippen molar-refractivity contribution >= 4 is 5.90 Å². The Kier molecular flexibility index (Phi) is 5.49. The molecule has 1 N–H and O–H groups in total. The van der Waals surface area contributed by atoms with Crippen molar-refractivity contribution in [2.75, 3.05) is 20.8 Å². The first kappa shape index (κ1) is 14.4. The topological polar surface area (TPSA) is 51.0 Å². The third kappa shape index (κ3) is 3.15. The Morgan fingerprint density at radius 1 is 1.33 bits per heavy atom. The Morgan fingerprint density at radius 2 is 2.06 bits per heavy atom. The van der Waals surface area contributed by atoms with Crippen LogP contribution in [0.15, 0.2) is 17.1 Å². The fraction of sp³-hybridized carbons (Fsp3) is 0.500. The van der Waals surface area contributed by atoms with E-state index in [9.17, 15) is 5.11 Å². The highest BCUT2D eigenvalue weighted by atomic mass is 16.5. The lowest BCUT2D eigenvalue weighted by Gasteiger charge is -2.13. The molecule has 0 heterocycles. The van der Waals surface area contributed by atoms with E-state index in [0.29, 0.717) is 18.3 Å². The molecule has 1 aromatic carbocycles. The number of aryl methyl sites for hydroxylation is 1. The monoisotopic (exact) mass is 251 g/mol. The molecular weight excluding hydrogens is 230 g/mol. The molecular formula is C14H21NO3. The molecule has 18 heavy (non-hydrogen) atoms. The Bertz CT molecular complexity index is 427. The molecule has 0 aliphatic carbocycles. The lowest BCUT2D eigenvalue weighted by Crippen LogP contribution is -2.07. The quantitative estimate of drug-likeness (QED) is 0.646. The van der Waals surface area contributed by atoms with Crippen molar-refractivity contribution in [3.05, 3.63) is 23.3 Å². The van der Waals surface area contributed by atoms with Gasteiger partial charge >= 0.3 is 0 Å². The average molecular weight is 251 g/mol. The molecule has 4 heteroatoms. The Morgan fingerprint density at radius 3 is 2.56 bits per heavy atom. The lowest BCUT2D eigenvalue weighted by molar-refractivity contribution is 0.327. The van der Waals surface area contributed by atoms with Gasteiger partial charge in [0.1, 0.15) is 0 Å². The van der Waals surface area contributed by atoms with E-state index in [4.69, 9.17) is 9.47 Å². The minimum atomic E-state index is 0.124. The molecule has 1 aromatic rings. The fourth-order valence-electron chi connectivity index (χ4n) is 1.90. The van der Waals surface area contributed by atoms with E-state index in [0.717, 1.165) is 24.0 Å². The average Bonchev–Trinajstić information content (AvgIpc) is 2.36. The molecule has 0 aromatic heterocycles. The molecule has 0 aliphatic rings. The third-order valence-corrected chi connectivity index (χ3v) is 2.60. The van der Waals surface area contributed by atoms with Crippen LogP contribution in [0.5, 0.6) is 11.5 Å². The summed E-state index contributed by atoms with van der Waals surface area (Å²) in [6, 6.07) is 3.58. The second-order valence-corrected chi connectivity index (χ2v) is 3.90. The summed E-state index contributed by atoms with van der Waals surface area (Å²) < 4.78 is 10.7. The van der Waals surface area contributed by atoms with E-state index in [1.165, 1.54) is 0 Å². The number of rotatable bonds is 5. The molecule has 0 saturated heterocycles. The standard InChI is InChI=1S/C14H21NO3/c1-5-7-10-8-11(14(15-3)18-6-2)9-12(16)13(10)17-4/h8-9,16H,5-7H2,1-4H3. The van der Waals surface area contributed by atoms with Crippen LogP contribution in [-0.4, -0.2) is 31.8 Å². The maximum atomic E-state index is 9.98. The molecule has 0 atom stereocenters. The molecule has 0 radical (unpaired) electrons. The van der Waals surface area contributed by atoms with Crippen molar-refractivity contribution in [3.8, 4) is 11.5 Å². The molecule has 1 rings (SSSR count). The molecule has 0 unspecified atom stereocenters. The Hall–Kier alpha value is -1.71. The van der Waals surface area contributed by atoms with Crippen LogP contribution in [0.1, 0.15) is 31.4 Å². The van der Waals surface area contributed by atoms with Crippen LogP contribution in [-0.2, 0) is 11.2 Å². The second-order valence-electron chi connectivity index (χ2n) is 3.90.